The van der Waals surface area contributed by atoms with E-state index >= 15 is 0 Å². The van der Waals surface area contributed by atoms with Gasteiger partial charge in [-0.05, 0) is 42.7 Å². The van der Waals surface area contributed by atoms with Gasteiger partial charge in [0.2, 0.25) is 0 Å². The summed E-state index contributed by atoms with van der Waals surface area (Å²) in [4.78, 5) is 11.0. The molecule has 0 aromatic carbocycles. The van der Waals surface area contributed by atoms with Crippen molar-refractivity contribution in [1.82, 2.24) is 15.3 Å². The summed E-state index contributed by atoms with van der Waals surface area (Å²) in [6, 6.07) is 11.1. The van der Waals surface area contributed by atoms with Gasteiger partial charge in [-0.15, -0.1) is 0 Å². The van der Waals surface area contributed by atoms with E-state index in [9.17, 15) is 0 Å². The molecule has 1 aliphatic carbocycles. The quantitative estimate of drug-likeness (QED) is 0.846. The van der Waals surface area contributed by atoms with Crippen LogP contribution in [0.25, 0.3) is 0 Å². The zero-order valence-corrected chi connectivity index (χ0v) is 12.5. The Labute approximate surface area is 126 Å². The van der Waals surface area contributed by atoms with Crippen molar-refractivity contribution in [3.05, 3.63) is 54.0 Å². The first kappa shape index (κ1) is 14.0. The fourth-order valence-corrected chi connectivity index (χ4v) is 2.27. The standard InChI is InChI=1S/C17H22N4/c1-21(11-8-15-4-2-3-9-18-15)17-12-14(7-10-19-17)13-20-16-5-6-16/h2-4,7,9-10,12,16,20H,5-6,8,11,13H2,1H3. The van der Waals surface area contributed by atoms with Gasteiger partial charge in [-0.3, -0.25) is 4.98 Å². The van der Waals surface area contributed by atoms with Crippen LogP contribution >= 0.6 is 0 Å². The minimum absolute atomic E-state index is 0.739. The molecule has 0 radical (unpaired) electrons. The van der Waals surface area contributed by atoms with Crippen LogP contribution in [0, 0.1) is 0 Å². The minimum Gasteiger partial charge on any atom is -0.359 e. The van der Waals surface area contributed by atoms with Crippen molar-refractivity contribution in [2.24, 2.45) is 0 Å². The zero-order valence-electron chi connectivity index (χ0n) is 12.5. The largest absolute Gasteiger partial charge is 0.359 e. The van der Waals surface area contributed by atoms with Crippen LogP contribution in [0.4, 0.5) is 5.82 Å². The summed E-state index contributed by atoms with van der Waals surface area (Å²) in [6.07, 6.45) is 7.32. The number of hydrogen-bond acceptors (Lipinski definition) is 4. The molecule has 110 valence electrons. The fraction of sp³-hybridized carbons (Fsp3) is 0.412. The topological polar surface area (TPSA) is 41.1 Å². The molecule has 0 aliphatic heterocycles. The van der Waals surface area contributed by atoms with E-state index in [0.29, 0.717) is 0 Å². The Morgan fingerprint density at radius 3 is 2.86 bits per heavy atom. The van der Waals surface area contributed by atoms with Crippen LogP contribution in [-0.2, 0) is 13.0 Å². The number of pyridine rings is 2. The van der Waals surface area contributed by atoms with Crippen LogP contribution in [-0.4, -0.2) is 29.6 Å². The predicted octanol–water partition coefficient (Wildman–Crippen LogP) is 2.41. The first-order valence-corrected chi connectivity index (χ1v) is 7.60. The highest BCUT2D eigenvalue weighted by Crippen LogP contribution is 2.20. The third-order valence-corrected chi connectivity index (χ3v) is 3.80. The van der Waals surface area contributed by atoms with Crippen LogP contribution < -0.4 is 10.2 Å². The van der Waals surface area contributed by atoms with Crippen LogP contribution in [0.3, 0.4) is 0 Å². The number of nitrogens with one attached hydrogen (secondary N) is 1. The van der Waals surface area contributed by atoms with Crippen LogP contribution in [0.2, 0.25) is 0 Å². The van der Waals surface area contributed by atoms with Gasteiger partial charge >= 0.3 is 0 Å². The molecular weight excluding hydrogens is 260 g/mol. The molecule has 3 rings (SSSR count). The van der Waals surface area contributed by atoms with Gasteiger partial charge in [0.05, 0.1) is 0 Å². The second-order valence-electron chi connectivity index (χ2n) is 5.67. The van der Waals surface area contributed by atoms with Gasteiger partial charge in [-0.1, -0.05) is 6.07 Å². The van der Waals surface area contributed by atoms with Crippen LogP contribution in [0.15, 0.2) is 42.7 Å². The van der Waals surface area contributed by atoms with Crippen molar-refractivity contribution in [2.75, 3.05) is 18.5 Å². The molecule has 1 saturated carbocycles. The van der Waals surface area contributed by atoms with E-state index in [1.54, 1.807) is 0 Å². The fourth-order valence-electron chi connectivity index (χ4n) is 2.27. The highest BCUT2D eigenvalue weighted by Gasteiger charge is 2.19. The highest BCUT2D eigenvalue weighted by molar-refractivity contribution is 5.40. The summed E-state index contributed by atoms with van der Waals surface area (Å²) in [5, 5.41) is 3.54. The average Bonchev–Trinajstić information content (AvgIpc) is 3.36. The smallest absolute Gasteiger partial charge is 0.128 e. The first-order valence-electron chi connectivity index (χ1n) is 7.60. The third-order valence-electron chi connectivity index (χ3n) is 3.80. The van der Waals surface area contributed by atoms with Crippen LogP contribution in [0.5, 0.6) is 0 Å². The lowest BCUT2D eigenvalue weighted by Gasteiger charge is -2.18. The molecule has 0 amide bonds. The first-order chi connectivity index (χ1) is 10.3. The summed E-state index contributed by atoms with van der Waals surface area (Å²) in [7, 11) is 2.09. The van der Waals surface area contributed by atoms with E-state index in [1.165, 1.54) is 18.4 Å². The molecule has 0 saturated heterocycles. The lowest BCUT2D eigenvalue weighted by atomic mass is 10.2. The molecule has 2 aromatic heterocycles. The third kappa shape index (κ3) is 4.26. The molecule has 21 heavy (non-hydrogen) atoms. The second kappa shape index (κ2) is 6.68. The molecule has 2 heterocycles. The lowest BCUT2D eigenvalue weighted by Crippen LogP contribution is -2.22. The lowest BCUT2D eigenvalue weighted by molar-refractivity contribution is 0.686. The minimum atomic E-state index is 0.739. The van der Waals surface area contributed by atoms with E-state index < -0.39 is 0 Å². The number of aromatic nitrogens is 2. The summed E-state index contributed by atoms with van der Waals surface area (Å²) in [6.45, 7) is 1.86. The van der Waals surface area contributed by atoms with E-state index in [2.05, 4.69) is 45.4 Å². The molecular formula is C17H22N4. The SMILES string of the molecule is CN(CCc1ccccn1)c1cc(CNC2CC2)ccn1. The number of hydrogen-bond donors (Lipinski definition) is 1. The molecule has 4 nitrogen and oxygen atoms in total. The summed E-state index contributed by atoms with van der Waals surface area (Å²) >= 11 is 0. The van der Waals surface area contributed by atoms with Crippen molar-refractivity contribution in [1.29, 1.82) is 0 Å². The van der Waals surface area contributed by atoms with Gasteiger partial charge in [0.25, 0.3) is 0 Å². The summed E-state index contributed by atoms with van der Waals surface area (Å²) in [5.41, 5.74) is 2.42. The number of rotatable bonds is 7. The Kier molecular flexibility index (Phi) is 4.46. The number of anilines is 1. The molecule has 0 atom stereocenters. The van der Waals surface area contributed by atoms with Crippen molar-refractivity contribution in [3.63, 3.8) is 0 Å². The Balaban J connectivity index is 1.55. The molecule has 1 fully saturated rings. The number of likely N-dealkylation sites (N-methyl/N-ethyl adjacent to an activating group) is 1. The molecule has 1 N–H and O–H groups in total. The van der Waals surface area contributed by atoms with Crippen molar-refractivity contribution >= 4 is 5.82 Å². The molecule has 0 spiro atoms. The van der Waals surface area contributed by atoms with Gasteiger partial charge in [0, 0.05) is 50.7 Å². The average molecular weight is 282 g/mol. The van der Waals surface area contributed by atoms with E-state index in [4.69, 9.17) is 0 Å². The van der Waals surface area contributed by atoms with E-state index in [0.717, 1.165) is 37.1 Å². The maximum atomic E-state index is 4.47. The van der Waals surface area contributed by atoms with Gasteiger partial charge < -0.3 is 10.2 Å². The molecule has 1 aliphatic rings. The Morgan fingerprint density at radius 1 is 1.19 bits per heavy atom. The highest BCUT2D eigenvalue weighted by atomic mass is 15.2. The Morgan fingerprint density at radius 2 is 2.10 bits per heavy atom. The molecule has 4 heteroatoms. The monoisotopic (exact) mass is 282 g/mol. The molecule has 0 bridgehead atoms. The zero-order chi connectivity index (χ0) is 14.5. The van der Waals surface area contributed by atoms with Gasteiger partial charge in [0.1, 0.15) is 5.82 Å². The predicted molar refractivity (Wildman–Crippen MR) is 85.3 cm³/mol. The second-order valence-corrected chi connectivity index (χ2v) is 5.67. The molecule has 0 unspecified atom stereocenters. The van der Waals surface area contributed by atoms with Gasteiger partial charge in [-0.2, -0.15) is 0 Å². The van der Waals surface area contributed by atoms with Gasteiger partial charge in [-0.25, -0.2) is 4.98 Å². The van der Waals surface area contributed by atoms with Crippen molar-refractivity contribution in [2.45, 2.75) is 31.8 Å². The number of nitrogens with zero attached hydrogens (tertiary/aromatic N) is 3. The normalized spacial score (nSPS) is 14.1. The maximum Gasteiger partial charge on any atom is 0.128 e. The van der Waals surface area contributed by atoms with Gasteiger partial charge in [0.15, 0.2) is 0 Å². The molecule has 2 aromatic rings. The van der Waals surface area contributed by atoms with Crippen molar-refractivity contribution < 1.29 is 0 Å². The van der Waals surface area contributed by atoms with E-state index in [1.807, 2.05) is 24.5 Å². The summed E-state index contributed by atoms with van der Waals surface area (Å²) < 4.78 is 0. The van der Waals surface area contributed by atoms with E-state index in [-0.39, 0.29) is 0 Å². The Bertz CT molecular complexity index is 566. The summed E-state index contributed by atoms with van der Waals surface area (Å²) in [5.74, 6) is 1.03. The maximum absolute atomic E-state index is 4.47. The Hall–Kier alpha value is -1.94. The van der Waals surface area contributed by atoms with Crippen molar-refractivity contribution in [3.8, 4) is 0 Å². The van der Waals surface area contributed by atoms with Crippen LogP contribution in [0.1, 0.15) is 24.1 Å².